The topological polar surface area (TPSA) is 68.2 Å². The zero-order chi connectivity index (χ0) is 18.4. The molecule has 6 heteroatoms. The zero-order valence-electron chi connectivity index (χ0n) is 15.7. The fourth-order valence-electron chi connectivity index (χ4n) is 2.77. The molecule has 0 amide bonds. The summed E-state index contributed by atoms with van der Waals surface area (Å²) in [5.74, 6) is 0.892. The van der Waals surface area contributed by atoms with Crippen molar-refractivity contribution in [2.45, 2.75) is 32.9 Å². The molecule has 0 spiro atoms. The van der Waals surface area contributed by atoms with Crippen molar-refractivity contribution in [3.63, 3.8) is 0 Å². The number of aliphatic imine (C=N–C) groups is 1. The lowest BCUT2D eigenvalue weighted by atomic mass is 10.0. The van der Waals surface area contributed by atoms with Crippen LogP contribution in [0.1, 0.15) is 36.5 Å². The van der Waals surface area contributed by atoms with E-state index in [1.54, 1.807) is 6.20 Å². The predicted molar refractivity (Wildman–Crippen MR) is 123 cm³/mol. The standard InChI is InChI=1S/C21H25N5.HI/c1-16(2)17-9-5-10-20(13-17)25-21(22)23-14-18-7-3-4-8-19(18)15-26-12-6-11-24-26;/h3-13,16H,14-15H2,1-2H3,(H3,22,23,25);1H. The number of nitrogens with zero attached hydrogens (tertiary/aromatic N) is 3. The minimum absolute atomic E-state index is 0. The summed E-state index contributed by atoms with van der Waals surface area (Å²) < 4.78 is 1.90. The van der Waals surface area contributed by atoms with Gasteiger partial charge in [0.25, 0.3) is 0 Å². The van der Waals surface area contributed by atoms with E-state index in [1.807, 2.05) is 41.2 Å². The van der Waals surface area contributed by atoms with Crippen molar-refractivity contribution in [3.8, 4) is 0 Å². The molecule has 0 radical (unpaired) electrons. The molecule has 0 atom stereocenters. The van der Waals surface area contributed by atoms with Gasteiger partial charge in [-0.25, -0.2) is 4.99 Å². The second-order valence-corrected chi connectivity index (χ2v) is 6.58. The van der Waals surface area contributed by atoms with Gasteiger partial charge >= 0.3 is 0 Å². The monoisotopic (exact) mass is 475 g/mol. The van der Waals surface area contributed by atoms with Crippen molar-refractivity contribution in [3.05, 3.63) is 83.7 Å². The Morgan fingerprint density at radius 1 is 1.11 bits per heavy atom. The second-order valence-electron chi connectivity index (χ2n) is 6.58. The van der Waals surface area contributed by atoms with Crippen molar-refractivity contribution in [2.24, 2.45) is 10.7 Å². The van der Waals surface area contributed by atoms with Gasteiger partial charge in [-0.15, -0.1) is 24.0 Å². The van der Waals surface area contributed by atoms with Crippen LogP contribution >= 0.6 is 24.0 Å². The number of rotatable bonds is 6. The summed E-state index contributed by atoms with van der Waals surface area (Å²) in [5, 5.41) is 7.45. The molecule has 2 aromatic carbocycles. The molecule has 0 aliphatic carbocycles. The number of nitrogens with one attached hydrogen (secondary N) is 1. The smallest absolute Gasteiger partial charge is 0.193 e. The lowest BCUT2D eigenvalue weighted by molar-refractivity contribution is 0.681. The fourth-order valence-corrected chi connectivity index (χ4v) is 2.77. The van der Waals surface area contributed by atoms with Crippen LogP contribution in [0, 0.1) is 0 Å². The maximum absolute atomic E-state index is 6.09. The summed E-state index contributed by atoms with van der Waals surface area (Å²) in [5.41, 5.74) is 10.7. The minimum atomic E-state index is 0. The molecule has 3 N–H and O–H groups in total. The van der Waals surface area contributed by atoms with E-state index in [9.17, 15) is 0 Å². The number of aromatic nitrogens is 2. The van der Waals surface area contributed by atoms with Gasteiger partial charge in [0.15, 0.2) is 5.96 Å². The van der Waals surface area contributed by atoms with Gasteiger partial charge in [0.05, 0.1) is 13.1 Å². The third-order valence-electron chi connectivity index (χ3n) is 4.26. The molecule has 142 valence electrons. The minimum Gasteiger partial charge on any atom is -0.370 e. The highest BCUT2D eigenvalue weighted by atomic mass is 127. The predicted octanol–water partition coefficient (Wildman–Crippen LogP) is 4.60. The van der Waals surface area contributed by atoms with Crippen molar-refractivity contribution >= 4 is 35.6 Å². The Morgan fingerprint density at radius 2 is 1.89 bits per heavy atom. The first-order chi connectivity index (χ1) is 12.6. The van der Waals surface area contributed by atoms with Gasteiger partial charge in [-0.2, -0.15) is 5.10 Å². The van der Waals surface area contributed by atoms with Crippen LogP contribution in [0.5, 0.6) is 0 Å². The Labute approximate surface area is 177 Å². The van der Waals surface area contributed by atoms with Gasteiger partial charge in [0.1, 0.15) is 0 Å². The van der Waals surface area contributed by atoms with Crippen molar-refractivity contribution in [2.75, 3.05) is 5.32 Å². The van der Waals surface area contributed by atoms with Crippen molar-refractivity contribution in [1.29, 1.82) is 0 Å². The largest absolute Gasteiger partial charge is 0.370 e. The fraction of sp³-hybridized carbons (Fsp3) is 0.238. The Hall–Kier alpha value is -2.35. The summed E-state index contributed by atoms with van der Waals surface area (Å²) in [6, 6.07) is 18.4. The molecule has 0 saturated carbocycles. The Bertz CT molecular complexity index is 872. The van der Waals surface area contributed by atoms with Crippen LogP contribution in [0.3, 0.4) is 0 Å². The number of nitrogens with two attached hydrogens (primary N) is 1. The van der Waals surface area contributed by atoms with Gasteiger partial charge in [0.2, 0.25) is 0 Å². The van der Waals surface area contributed by atoms with Crippen LogP contribution in [0.4, 0.5) is 5.69 Å². The normalized spacial score (nSPS) is 11.3. The van der Waals surface area contributed by atoms with Gasteiger partial charge in [0, 0.05) is 18.1 Å². The first kappa shape index (κ1) is 21.0. The molecule has 1 aromatic heterocycles. The maximum atomic E-state index is 6.09. The molecule has 0 unspecified atom stereocenters. The number of halogens is 1. The summed E-state index contributed by atoms with van der Waals surface area (Å²) >= 11 is 0. The van der Waals surface area contributed by atoms with Crippen LogP contribution in [0.15, 0.2) is 72.0 Å². The van der Waals surface area contributed by atoms with Crippen molar-refractivity contribution < 1.29 is 0 Å². The molecular weight excluding hydrogens is 449 g/mol. The van der Waals surface area contributed by atoms with E-state index >= 15 is 0 Å². The Morgan fingerprint density at radius 3 is 2.59 bits per heavy atom. The molecule has 0 fully saturated rings. The summed E-state index contributed by atoms with van der Waals surface area (Å²) in [6.45, 7) is 5.60. The summed E-state index contributed by atoms with van der Waals surface area (Å²) in [7, 11) is 0. The number of hydrogen-bond acceptors (Lipinski definition) is 2. The first-order valence-electron chi connectivity index (χ1n) is 8.83. The molecule has 5 nitrogen and oxygen atoms in total. The van der Waals surface area contributed by atoms with Crippen LogP contribution in [0.2, 0.25) is 0 Å². The van der Waals surface area contributed by atoms with E-state index in [0.717, 1.165) is 17.8 Å². The van der Waals surface area contributed by atoms with Gasteiger partial charge in [-0.1, -0.05) is 50.2 Å². The van der Waals surface area contributed by atoms with Crippen LogP contribution in [-0.4, -0.2) is 15.7 Å². The van der Waals surface area contributed by atoms with Gasteiger partial charge in [-0.05, 0) is 40.8 Å². The molecule has 3 aromatic rings. The highest BCUT2D eigenvalue weighted by Crippen LogP contribution is 2.18. The van der Waals surface area contributed by atoms with E-state index in [0.29, 0.717) is 18.4 Å². The van der Waals surface area contributed by atoms with E-state index < -0.39 is 0 Å². The average molecular weight is 475 g/mol. The molecule has 3 rings (SSSR count). The molecule has 0 aliphatic heterocycles. The molecule has 0 saturated heterocycles. The highest BCUT2D eigenvalue weighted by molar-refractivity contribution is 14.0. The Kier molecular flexibility index (Phi) is 7.84. The lowest BCUT2D eigenvalue weighted by Crippen LogP contribution is -2.22. The van der Waals surface area contributed by atoms with E-state index in [1.165, 1.54) is 11.1 Å². The quantitative estimate of drug-likeness (QED) is 0.311. The summed E-state index contributed by atoms with van der Waals surface area (Å²) in [6.07, 6.45) is 3.74. The van der Waals surface area contributed by atoms with E-state index in [2.05, 4.69) is 53.5 Å². The third kappa shape index (κ3) is 6.09. The number of benzene rings is 2. The van der Waals surface area contributed by atoms with Crippen LogP contribution < -0.4 is 11.1 Å². The number of anilines is 1. The van der Waals surface area contributed by atoms with Crippen molar-refractivity contribution in [1.82, 2.24) is 9.78 Å². The second kappa shape index (κ2) is 10.1. The van der Waals surface area contributed by atoms with Gasteiger partial charge < -0.3 is 11.1 Å². The summed E-state index contributed by atoms with van der Waals surface area (Å²) in [4.78, 5) is 4.51. The molecule has 27 heavy (non-hydrogen) atoms. The van der Waals surface area contributed by atoms with E-state index in [4.69, 9.17) is 5.73 Å². The third-order valence-corrected chi connectivity index (χ3v) is 4.26. The van der Waals surface area contributed by atoms with E-state index in [-0.39, 0.29) is 24.0 Å². The lowest BCUT2D eigenvalue weighted by Gasteiger charge is -2.11. The number of guanidine groups is 1. The average Bonchev–Trinajstić information content (AvgIpc) is 3.14. The SMILES string of the molecule is CC(C)c1cccc(NC(N)=NCc2ccccc2Cn2cccn2)c1.I. The Balaban J connectivity index is 0.00000261. The zero-order valence-corrected chi connectivity index (χ0v) is 18.0. The van der Waals surface area contributed by atoms with Gasteiger partial charge in [-0.3, -0.25) is 4.68 Å². The van der Waals surface area contributed by atoms with Crippen LogP contribution in [-0.2, 0) is 13.1 Å². The highest BCUT2D eigenvalue weighted by Gasteiger charge is 2.04. The first-order valence-corrected chi connectivity index (χ1v) is 8.83. The molecular formula is C21H26IN5. The molecule has 0 aliphatic rings. The molecule has 0 bridgehead atoms. The maximum Gasteiger partial charge on any atom is 0.193 e. The molecule has 1 heterocycles. The van der Waals surface area contributed by atoms with Crippen LogP contribution in [0.25, 0.3) is 0 Å². The number of hydrogen-bond donors (Lipinski definition) is 2.